The minimum absolute atomic E-state index is 0.417. The van der Waals surface area contributed by atoms with Crippen molar-refractivity contribution in [2.24, 2.45) is 0 Å². The summed E-state index contributed by atoms with van der Waals surface area (Å²) in [5, 5.41) is 18.1. The monoisotopic (exact) mass is 330 g/mol. The number of benzene rings is 1. The van der Waals surface area contributed by atoms with E-state index in [9.17, 15) is 5.26 Å². The number of piperidine rings is 1. The Morgan fingerprint density at radius 1 is 1.35 bits per heavy atom. The zero-order chi connectivity index (χ0) is 13.9. The van der Waals surface area contributed by atoms with Crippen molar-refractivity contribution in [2.45, 2.75) is 18.9 Å². The number of halogens is 1. The quantitative estimate of drug-likeness (QED) is 0.888. The van der Waals surface area contributed by atoms with E-state index in [1.54, 1.807) is 6.20 Å². The van der Waals surface area contributed by atoms with Crippen molar-refractivity contribution in [3.05, 3.63) is 34.4 Å². The molecule has 2 heterocycles. The third-order valence-corrected chi connectivity index (χ3v) is 4.30. The van der Waals surface area contributed by atoms with Crippen LogP contribution in [0, 0.1) is 11.3 Å². The van der Waals surface area contributed by atoms with E-state index in [2.05, 4.69) is 37.6 Å². The van der Waals surface area contributed by atoms with Gasteiger partial charge in [0.1, 0.15) is 5.82 Å². The number of fused-ring (bicyclic) bond motifs is 1. The van der Waals surface area contributed by atoms with Crippen molar-refractivity contribution < 1.29 is 0 Å². The maximum Gasteiger partial charge on any atom is 0.135 e. The van der Waals surface area contributed by atoms with Gasteiger partial charge < -0.3 is 10.6 Å². The molecule has 0 radical (unpaired) electrons. The van der Waals surface area contributed by atoms with Crippen LogP contribution in [0.1, 0.15) is 18.4 Å². The molecule has 4 nitrogen and oxygen atoms in total. The number of hydrogen-bond acceptors (Lipinski definition) is 4. The highest BCUT2D eigenvalue weighted by Gasteiger charge is 2.16. The Morgan fingerprint density at radius 3 is 2.90 bits per heavy atom. The molecule has 2 aromatic rings. The van der Waals surface area contributed by atoms with Gasteiger partial charge in [-0.05, 0) is 47.9 Å². The predicted octanol–water partition coefficient (Wildman–Crippen LogP) is 3.03. The predicted molar refractivity (Wildman–Crippen MR) is 83.7 cm³/mol. The van der Waals surface area contributed by atoms with Crippen LogP contribution in [0.2, 0.25) is 0 Å². The molecule has 20 heavy (non-hydrogen) atoms. The van der Waals surface area contributed by atoms with Gasteiger partial charge in [-0.2, -0.15) is 5.26 Å². The van der Waals surface area contributed by atoms with Gasteiger partial charge >= 0.3 is 0 Å². The van der Waals surface area contributed by atoms with Gasteiger partial charge in [0.25, 0.3) is 0 Å². The van der Waals surface area contributed by atoms with Gasteiger partial charge in [0.05, 0.1) is 11.6 Å². The van der Waals surface area contributed by atoms with E-state index in [0.717, 1.165) is 47.0 Å². The maximum absolute atomic E-state index is 9.33. The molecule has 1 aliphatic heterocycles. The topological polar surface area (TPSA) is 60.7 Å². The van der Waals surface area contributed by atoms with Crippen molar-refractivity contribution in [3.63, 3.8) is 0 Å². The molecular formula is C15H15BrN4. The number of pyridine rings is 1. The minimum atomic E-state index is 0.417. The van der Waals surface area contributed by atoms with Crippen molar-refractivity contribution in [3.8, 4) is 6.07 Å². The number of nitrogens with zero attached hydrogens (tertiary/aromatic N) is 2. The van der Waals surface area contributed by atoms with Gasteiger partial charge in [-0.3, -0.25) is 0 Å². The summed E-state index contributed by atoms with van der Waals surface area (Å²) in [6, 6.07) is 8.43. The van der Waals surface area contributed by atoms with Crippen LogP contribution in [0.5, 0.6) is 0 Å². The second-order valence-electron chi connectivity index (χ2n) is 4.96. The Morgan fingerprint density at radius 2 is 2.15 bits per heavy atom. The van der Waals surface area contributed by atoms with Crippen LogP contribution in [0.25, 0.3) is 10.8 Å². The molecule has 1 aromatic heterocycles. The number of nitriles is 1. The van der Waals surface area contributed by atoms with E-state index >= 15 is 0 Å². The van der Waals surface area contributed by atoms with Gasteiger partial charge in [-0.1, -0.05) is 12.1 Å². The standard InChI is InChI=1S/C15H15BrN4/c16-13-9-19-15(20-11-4-6-18-7-5-11)14-10(8-17)2-1-3-12(13)14/h1-3,9,11,18H,4-7H2,(H,19,20). The summed E-state index contributed by atoms with van der Waals surface area (Å²) in [5.41, 5.74) is 0.660. The van der Waals surface area contributed by atoms with Gasteiger partial charge in [-0.25, -0.2) is 4.98 Å². The van der Waals surface area contributed by atoms with Gasteiger partial charge in [0.15, 0.2) is 0 Å². The van der Waals surface area contributed by atoms with Crippen LogP contribution in [-0.2, 0) is 0 Å². The maximum atomic E-state index is 9.33. The molecule has 0 aliphatic carbocycles. The van der Waals surface area contributed by atoms with E-state index in [4.69, 9.17) is 0 Å². The zero-order valence-electron chi connectivity index (χ0n) is 11.0. The molecule has 0 unspecified atom stereocenters. The van der Waals surface area contributed by atoms with Crippen LogP contribution in [0.15, 0.2) is 28.9 Å². The highest BCUT2D eigenvalue weighted by molar-refractivity contribution is 9.10. The van der Waals surface area contributed by atoms with Crippen LogP contribution in [-0.4, -0.2) is 24.1 Å². The molecule has 0 amide bonds. The minimum Gasteiger partial charge on any atom is -0.367 e. The molecule has 1 saturated heterocycles. The molecule has 0 bridgehead atoms. The molecule has 3 rings (SSSR count). The Hall–Kier alpha value is -1.64. The van der Waals surface area contributed by atoms with Gasteiger partial charge in [0.2, 0.25) is 0 Å². The average Bonchev–Trinajstić information content (AvgIpc) is 2.50. The number of aromatic nitrogens is 1. The highest BCUT2D eigenvalue weighted by Crippen LogP contribution is 2.31. The lowest BCUT2D eigenvalue weighted by Crippen LogP contribution is -2.35. The fourth-order valence-electron chi connectivity index (χ4n) is 2.62. The fraction of sp³-hybridized carbons (Fsp3) is 0.333. The first-order chi connectivity index (χ1) is 9.79. The first-order valence-electron chi connectivity index (χ1n) is 6.74. The number of anilines is 1. The number of rotatable bonds is 2. The summed E-state index contributed by atoms with van der Waals surface area (Å²) in [5.74, 6) is 0.812. The summed E-state index contributed by atoms with van der Waals surface area (Å²) in [7, 11) is 0. The first kappa shape index (κ1) is 13.3. The third kappa shape index (κ3) is 2.49. The van der Waals surface area contributed by atoms with E-state index in [0.29, 0.717) is 11.6 Å². The number of hydrogen-bond donors (Lipinski definition) is 2. The van der Waals surface area contributed by atoms with Crippen LogP contribution >= 0.6 is 15.9 Å². The Balaban J connectivity index is 2.06. The molecular weight excluding hydrogens is 316 g/mol. The SMILES string of the molecule is N#Cc1cccc2c(Br)cnc(NC3CCNCC3)c12. The molecule has 102 valence electrons. The highest BCUT2D eigenvalue weighted by atomic mass is 79.9. The van der Waals surface area contributed by atoms with E-state index in [-0.39, 0.29) is 0 Å². The smallest absolute Gasteiger partial charge is 0.135 e. The second kappa shape index (κ2) is 5.78. The normalized spacial score (nSPS) is 16.0. The average molecular weight is 331 g/mol. The van der Waals surface area contributed by atoms with Crippen molar-refractivity contribution in [1.82, 2.24) is 10.3 Å². The van der Waals surface area contributed by atoms with Crippen molar-refractivity contribution in [1.29, 1.82) is 5.26 Å². The molecule has 2 N–H and O–H groups in total. The molecule has 5 heteroatoms. The van der Waals surface area contributed by atoms with E-state index in [1.807, 2.05) is 18.2 Å². The van der Waals surface area contributed by atoms with Crippen LogP contribution in [0.4, 0.5) is 5.82 Å². The lowest BCUT2D eigenvalue weighted by atomic mass is 10.0. The Bertz CT molecular complexity index is 671. The largest absolute Gasteiger partial charge is 0.367 e. The van der Waals surface area contributed by atoms with Gasteiger partial charge in [0, 0.05) is 27.5 Å². The Kier molecular flexibility index (Phi) is 3.86. The Labute approximate surface area is 126 Å². The summed E-state index contributed by atoms with van der Waals surface area (Å²) in [4.78, 5) is 4.48. The van der Waals surface area contributed by atoms with Gasteiger partial charge in [-0.15, -0.1) is 0 Å². The molecule has 0 atom stereocenters. The van der Waals surface area contributed by atoms with Crippen molar-refractivity contribution in [2.75, 3.05) is 18.4 Å². The molecule has 0 spiro atoms. The summed E-state index contributed by atoms with van der Waals surface area (Å²) < 4.78 is 0.917. The summed E-state index contributed by atoms with van der Waals surface area (Å²) in [6.07, 6.45) is 3.95. The molecule has 1 aliphatic rings. The molecule has 1 fully saturated rings. The van der Waals surface area contributed by atoms with Crippen molar-refractivity contribution >= 4 is 32.5 Å². The lowest BCUT2D eigenvalue weighted by molar-refractivity contribution is 0.478. The van der Waals surface area contributed by atoms with Crippen LogP contribution in [0.3, 0.4) is 0 Å². The fourth-order valence-corrected chi connectivity index (χ4v) is 3.06. The first-order valence-corrected chi connectivity index (χ1v) is 7.53. The summed E-state index contributed by atoms with van der Waals surface area (Å²) in [6.45, 7) is 2.05. The third-order valence-electron chi connectivity index (χ3n) is 3.67. The lowest BCUT2D eigenvalue weighted by Gasteiger charge is -2.25. The second-order valence-corrected chi connectivity index (χ2v) is 5.82. The number of nitrogens with one attached hydrogen (secondary N) is 2. The summed E-state index contributed by atoms with van der Waals surface area (Å²) >= 11 is 3.51. The van der Waals surface area contributed by atoms with Crippen LogP contribution < -0.4 is 10.6 Å². The van der Waals surface area contributed by atoms with E-state index in [1.165, 1.54) is 0 Å². The molecule has 0 saturated carbocycles. The zero-order valence-corrected chi connectivity index (χ0v) is 12.6. The molecule has 1 aromatic carbocycles. The van der Waals surface area contributed by atoms with E-state index < -0.39 is 0 Å².